The van der Waals surface area contributed by atoms with Crippen LogP contribution in [-0.2, 0) is 17.5 Å². The van der Waals surface area contributed by atoms with Crippen LogP contribution in [0.4, 0.5) is 22.4 Å². The van der Waals surface area contributed by atoms with Gasteiger partial charge in [-0.05, 0) is 63.0 Å². The molecule has 0 aromatic heterocycles. The molecule has 0 saturated carbocycles. The van der Waals surface area contributed by atoms with Gasteiger partial charge < -0.3 is 14.5 Å². The minimum Gasteiger partial charge on any atom is -0.449 e. The SMILES string of the molecule is CN(C)CCCOC(=O)N1CC(c2ccc(Cl)c(Cl)c2)C(N(C)Cc2ccc(C(F)(F)F)c(F)c2)C1. The summed E-state index contributed by atoms with van der Waals surface area (Å²) in [4.78, 5) is 18.3. The maximum absolute atomic E-state index is 14.1. The van der Waals surface area contributed by atoms with Crippen molar-refractivity contribution in [2.24, 2.45) is 0 Å². The van der Waals surface area contributed by atoms with Crippen LogP contribution in [-0.4, -0.2) is 74.2 Å². The van der Waals surface area contributed by atoms with E-state index in [9.17, 15) is 22.4 Å². The van der Waals surface area contributed by atoms with E-state index < -0.39 is 23.7 Å². The van der Waals surface area contributed by atoms with Crippen LogP contribution in [0.3, 0.4) is 0 Å². The van der Waals surface area contributed by atoms with E-state index in [2.05, 4.69) is 0 Å². The Bertz CT molecular complexity index is 1070. The smallest absolute Gasteiger partial charge is 0.419 e. The molecule has 0 radical (unpaired) electrons. The molecular formula is C25H29Cl2F4N3O2. The number of ether oxygens (including phenoxy) is 1. The molecule has 1 saturated heterocycles. The number of carbonyl (C=O) groups excluding carboxylic acids is 1. The van der Waals surface area contributed by atoms with Crippen LogP contribution >= 0.6 is 23.2 Å². The van der Waals surface area contributed by atoms with Gasteiger partial charge in [-0.15, -0.1) is 0 Å². The first-order valence-electron chi connectivity index (χ1n) is 11.4. The predicted octanol–water partition coefficient (Wildman–Crippen LogP) is 6.14. The van der Waals surface area contributed by atoms with E-state index in [1.54, 1.807) is 24.1 Å². The van der Waals surface area contributed by atoms with Gasteiger partial charge in [-0.1, -0.05) is 35.3 Å². The highest BCUT2D eigenvalue weighted by Gasteiger charge is 2.39. The van der Waals surface area contributed by atoms with E-state index >= 15 is 0 Å². The van der Waals surface area contributed by atoms with Gasteiger partial charge in [-0.3, -0.25) is 4.90 Å². The van der Waals surface area contributed by atoms with Crippen molar-refractivity contribution < 1.29 is 27.1 Å². The lowest BCUT2D eigenvalue weighted by atomic mass is 9.93. The maximum Gasteiger partial charge on any atom is 0.419 e. The number of nitrogens with zero attached hydrogens (tertiary/aromatic N) is 3. The zero-order valence-electron chi connectivity index (χ0n) is 20.3. The molecule has 0 spiro atoms. The van der Waals surface area contributed by atoms with Crippen molar-refractivity contribution in [1.29, 1.82) is 0 Å². The summed E-state index contributed by atoms with van der Waals surface area (Å²) in [5.74, 6) is -1.48. The molecule has 198 valence electrons. The molecule has 2 aromatic rings. The minimum absolute atomic E-state index is 0.168. The van der Waals surface area contributed by atoms with Crippen molar-refractivity contribution >= 4 is 29.3 Å². The summed E-state index contributed by atoms with van der Waals surface area (Å²) in [7, 11) is 5.66. The number of hydrogen-bond acceptors (Lipinski definition) is 4. The fourth-order valence-corrected chi connectivity index (χ4v) is 4.68. The summed E-state index contributed by atoms with van der Waals surface area (Å²) in [5, 5.41) is 0.783. The molecule has 3 rings (SSSR count). The van der Waals surface area contributed by atoms with Crippen molar-refractivity contribution in [3.8, 4) is 0 Å². The van der Waals surface area contributed by atoms with Gasteiger partial charge in [0.05, 0.1) is 22.2 Å². The fraction of sp³-hybridized carbons (Fsp3) is 0.480. The Balaban J connectivity index is 1.77. The average Bonchev–Trinajstić information content (AvgIpc) is 3.23. The van der Waals surface area contributed by atoms with Crippen LogP contribution in [0.25, 0.3) is 0 Å². The van der Waals surface area contributed by atoms with E-state index in [0.29, 0.717) is 35.1 Å². The normalized spacial score (nSPS) is 18.4. The van der Waals surface area contributed by atoms with E-state index in [4.69, 9.17) is 27.9 Å². The molecule has 2 unspecified atom stereocenters. The highest BCUT2D eigenvalue weighted by Crippen LogP contribution is 2.36. The summed E-state index contributed by atoms with van der Waals surface area (Å²) >= 11 is 12.3. The summed E-state index contributed by atoms with van der Waals surface area (Å²) in [5.41, 5.74) is -0.0463. The number of benzene rings is 2. The second-order valence-electron chi connectivity index (χ2n) is 9.25. The molecular weight excluding hydrogens is 521 g/mol. The Morgan fingerprint density at radius 3 is 2.42 bits per heavy atom. The molecule has 2 aromatic carbocycles. The summed E-state index contributed by atoms with van der Waals surface area (Å²) in [6, 6.07) is 7.97. The van der Waals surface area contributed by atoms with Crippen molar-refractivity contribution in [1.82, 2.24) is 14.7 Å². The number of alkyl halides is 3. The van der Waals surface area contributed by atoms with Gasteiger partial charge in [-0.25, -0.2) is 9.18 Å². The minimum atomic E-state index is -4.76. The lowest BCUT2D eigenvalue weighted by molar-refractivity contribution is -0.140. The second-order valence-corrected chi connectivity index (χ2v) is 10.1. The first-order valence-corrected chi connectivity index (χ1v) is 12.2. The van der Waals surface area contributed by atoms with Crippen LogP contribution in [0.1, 0.15) is 29.0 Å². The Hall–Kier alpha value is -2.07. The van der Waals surface area contributed by atoms with Gasteiger partial charge in [-0.2, -0.15) is 13.2 Å². The van der Waals surface area contributed by atoms with Crippen LogP contribution in [0.15, 0.2) is 36.4 Å². The number of carbonyl (C=O) groups is 1. The molecule has 0 N–H and O–H groups in total. The summed E-state index contributed by atoms with van der Waals surface area (Å²) in [6.45, 7) is 1.95. The Morgan fingerprint density at radius 1 is 1.08 bits per heavy atom. The second kappa shape index (κ2) is 12.0. The Labute approximate surface area is 218 Å². The molecule has 1 aliphatic heterocycles. The fourth-order valence-electron chi connectivity index (χ4n) is 4.38. The van der Waals surface area contributed by atoms with Crippen molar-refractivity contribution in [3.05, 3.63) is 69.0 Å². The standard InChI is InChI=1S/C25H29Cl2F4N3O2/c1-32(2)9-4-10-36-24(35)34-14-18(17-6-8-20(26)21(27)12-17)23(15-34)33(3)13-16-5-7-19(22(28)11-16)25(29,30)31/h5-8,11-12,18,23H,4,9-10,13-15H2,1-3H3. The molecule has 1 heterocycles. The molecule has 0 bridgehead atoms. The molecule has 5 nitrogen and oxygen atoms in total. The molecule has 2 atom stereocenters. The van der Waals surface area contributed by atoms with E-state index in [-0.39, 0.29) is 25.1 Å². The number of likely N-dealkylation sites (tertiary alicyclic amines) is 1. The molecule has 36 heavy (non-hydrogen) atoms. The van der Waals surface area contributed by atoms with Crippen molar-refractivity contribution in [2.75, 3.05) is 47.4 Å². The molecule has 0 aliphatic carbocycles. The van der Waals surface area contributed by atoms with E-state index in [1.807, 2.05) is 30.0 Å². The van der Waals surface area contributed by atoms with E-state index in [0.717, 1.165) is 24.2 Å². The maximum atomic E-state index is 14.1. The first kappa shape index (κ1) is 28.5. The summed E-state index contributed by atoms with van der Waals surface area (Å²) < 4.78 is 58.4. The summed E-state index contributed by atoms with van der Waals surface area (Å²) in [6.07, 6.45) is -4.49. The highest BCUT2D eigenvalue weighted by molar-refractivity contribution is 6.42. The topological polar surface area (TPSA) is 36.0 Å². The third-order valence-corrected chi connectivity index (χ3v) is 6.97. The zero-order valence-corrected chi connectivity index (χ0v) is 21.8. The molecule has 11 heteroatoms. The van der Waals surface area contributed by atoms with Gasteiger partial charge in [0, 0.05) is 38.1 Å². The zero-order chi connectivity index (χ0) is 26.6. The molecule has 1 aliphatic rings. The van der Waals surface area contributed by atoms with Crippen LogP contribution in [0.5, 0.6) is 0 Å². The van der Waals surface area contributed by atoms with Crippen molar-refractivity contribution in [3.63, 3.8) is 0 Å². The van der Waals surface area contributed by atoms with Crippen molar-refractivity contribution in [2.45, 2.75) is 31.1 Å². The molecule has 1 amide bonds. The van der Waals surface area contributed by atoms with Gasteiger partial charge in [0.2, 0.25) is 0 Å². The monoisotopic (exact) mass is 549 g/mol. The lowest BCUT2D eigenvalue weighted by Gasteiger charge is -2.29. The van der Waals surface area contributed by atoms with Gasteiger partial charge in [0.25, 0.3) is 0 Å². The third-order valence-electron chi connectivity index (χ3n) is 6.23. The van der Waals surface area contributed by atoms with Crippen LogP contribution < -0.4 is 0 Å². The van der Waals surface area contributed by atoms with Gasteiger partial charge in [0.15, 0.2) is 0 Å². The Morgan fingerprint density at radius 2 is 1.81 bits per heavy atom. The van der Waals surface area contributed by atoms with Crippen LogP contribution in [0, 0.1) is 5.82 Å². The van der Waals surface area contributed by atoms with Crippen LogP contribution in [0.2, 0.25) is 10.0 Å². The lowest BCUT2D eigenvalue weighted by Crippen LogP contribution is -2.38. The highest BCUT2D eigenvalue weighted by atomic mass is 35.5. The molecule has 1 fully saturated rings. The van der Waals surface area contributed by atoms with Gasteiger partial charge >= 0.3 is 12.3 Å². The van der Waals surface area contributed by atoms with E-state index in [1.165, 1.54) is 6.07 Å². The largest absolute Gasteiger partial charge is 0.449 e. The number of hydrogen-bond donors (Lipinski definition) is 0. The number of likely N-dealkylation sites (N-methyl/N-ethyl adjacent to an activating group) is 1. The predicted molar refractivity (Wildman–Crippen MR) is 132 cm³/mol. The van der Waals surface area contributed by atoms with Gasteiger partial charge in [0.1, 0.15) is 5.82 Å². The number of rotatable bonds is 8. The quantitative estimate of drug-likeness (QED) is 0.292. The Kier molecular flexibility index (Phi) is 9.49. The number of amides is 1. The average molecular weight is 550 g/mol. The number of halogens is 6. The third kappa shape index (κ3) is 7.25. The first-order chi connectivity index (χ1) is 16.9.